The smallest absolute Gasteiger partial charge is 0.236 e. The first-order valence-corrected chi connectivity index (χ1v) is 9.02. The molecule has 3 unspecified atom stereocenters. The van der Waals surface area contributed by atoms with Crippen LogP contribution in [0.3, 0.4) is 0 Å². The summed E-state index contributed by atoms with van der Waals surface area (Å²) in [6.07, 6.45) is 3.56. The van der Waals surface area contributed by atoms with Gasteiger partial charge in [-0.25, -0.2) is 0 Å². The van der Waals surface area contributed by atoms with Crippen LogP contribution >= 0.6 is 11.6 Å². The second-order valence-electron chi connectivity index (χ2n) is 7.42. The lowest BCUT2D eigenvalue weighted by molar-refractivity contribution is -0.126. The first kappa shape index (κ1) is 17.3. The van der Waals surface area contributed by atoms with E-state index in [4.69, 9.17) is 16.3 Å². The van der Waals surface area contributed by atoms with Crippen LogP contribution in [0.1, 0.15) is 57.9 Å². The third-order valence-corrected chi connectivity index (χ3v) is 5.34. The number of halogens is 1. The van der Waals surface area contributed by atoms with Gasteiger partial charge in [0.15, 0.2) is 5.78 Å². The zero-order valence-electron chi connectivity index (χ0n) is 14.4. The highest BCUT2D eigenvalue weighted by molar-refractivity contribution is 6.33. The van der Waals surface area contributed by atoms with E-state index < -0.39 is 11.5 Å². The molecule has 1 aliphatic carbocycles. The summed E-state index contributed by atoms with van der Waals surface area (Å²) >= 11 is 6.37. The molecule has 1 amide bonds. The van der Waals surface area contributed by atoms with Gasteiger partial charge in [0.2, 0.25) is 5.91 Å². The third kappa shape index (κ3) is 3.04. The van der Waals surface area contributed by atoms with Crippen LogP contribution in [0.2, 0.25) is 5.02 Å². The molecule has 1 N–H and O–H groups in total. The molecule has 4 nitrogen and oxygen atoms in total. The molecule has 1 aromatic carbocycles. The molecule has 0 radical (unpaired) electrons. The van der Waals surface area contributed by atoms with Crippen molar-refractivity contribution in [1.29, 1.82) is 0 Å². The summed E-state index contributed by atoms with van der Waals surface area (Å²) in [5.41, 5.74) is -0.124. The van der Waals surface area contributed by atoms with E-state index in [0.717, 1.165) is 25.7 Å². The Balaban J connectivity index is 1.89. The van der Waals surface area contributed by atoms with Crippen molar-refractivity contribution in [2.75, 3.05) is 0 Å². The zero-order valence-corrected chi connectivity index (χ0v) is 15.2. The van der Waals surface area contributed by atoms with Crippen molar-refractivity contribution in [1.82, 2.24) is 5.32 Å². The maximum atomic E-state index is 13.1. The minimum Gasteiger partial charge on any atom is -0.491 e. The van der Waals surface area contributed by atoms with Gasteiger partial charge in [0.1, 0.15) is 11.7 Å². The molecule has 24 heavy (non-hydrogen) atoms. The summed E-state index contributed by atoms with van der Waals surface area (Å²) in [5, 5.41) is 3.40. The topological polar surface area (TPSA) is 55.4 Å². The van der Waals surface area contributed by atoms with Gasteiger partial charge in [-0.05, 0) is 50.3 Å². The highest BCUT2D eigenvalue weighted by Gasteiger charge is 2.54. The van der Waals surface area contributed by atoms with E-state index in [1.807, 2.05) is 13.8 Å². The van der Waals surface area contributed by atoms with Crippen LogP contribution in [0, 0.1) is 5.92 Å². The molecule has 1 heterocycles. The Kier molecular flexibility index (Phi) is 4.60. The number of amides is 1. The first-order chi connectivity index (χ1) is 11.3. The third-order valence-electron chi connectivity index (χ3n) is 5.01. The van der Waals surface area contributed by atoms with Crippen molar-refractivity contribution in [2.45, 2.75) is 64.0 Å². The van der Waals surface area contributed by atoms with Gasteiger partial charge in [-0.2, -0.15) is 0 Å². The van der Waals surface area contributed by atoms with E-state index in [2.05, 4.69) is 12.2 Å². The van der Waals surface area contributed by atoms with Crippen molar-refractivity contribution in [3.05, 3.63) is 28.8 Å². The first-order valence-electron chi connectivity index (χ1n) is 8.65. The van der Waals surface area contributed by atoms with Gasteiger partial charge >= 0.3 is 0 Å². The van der Waals surface area contributed by atoms with Crippen molar-refractivity contribution in [3.63, 3.8) is 0 Å². The lowest BCUT2D eigenvalue weighted by Crippen LogP contribution is -2.49. The summed E-state index contributed by atoms with van der Waals surface area (Å²) < 4.78 is 5.62. The van der Waals surface area contributed by atoms with E-state index in [1.165, 1.54) is 0 Å². The number of benzene rings is 1. The Morgan fingerprint density at radius 3 is 2.71 bits per heavy atom. The fraction of sp³-hybridized carbons (Fsp3) is 0.579. The van der Waals surface area contributed by atoms with Crippen LogP contribution in [-0.4, -0.2) is 23.3 Å². The van der Waals surface area contributed by atoms with E-state index >= 15 is 0 Å². The minimum absolute atomic E-state index is 0.0292. The number of Topliss-reactive ketones (excluding diaryl/α,β-unsaturated/α-hetero) is 1. The van der Waals surface area contributed by atoms with Crippen molar-refractivity contribution < 1.29 is 14.3 Å². The molecule has 3 atom stereocenters. The van der Waals surface area contributed by atoms with E-state index in [9.17, 15) is 9.59 Å². The van der Waals surface area contributed by atoms with Crippen LogP contribution in [-0.2, 0) is 9.59 Å². The van der Waals surface area contributed by atoms with Gasteiger partial charge in [-0.15, -0.1) is 0 Å². The summed E-state index contributed by atoms with van der Waals surface area (Å²) in [7, 11) is 0. The Morgan fingerprint density at radius 2 is 2.08 bits per heavy atom. The molecule has 0 bridgehead atoms. The quantitative estimate of drug-likeness (QED) is 0.843. The average Bonchev–Trinajstić information content (AvgIpc) is 2.70. The van der Waals surface area contributed by atoms with Gasteiger partial charge < -0.3 is 10.1 Å². The molecule has 130 valence electrons. The number of rotatable bonds is 3. The van der Waals surface area contributed by atoms with Crippen LogP contribution in [0.4, 0.5) is 0 Å². The molecule has 1 aromatic rings. The maximum Gasteiger partial charge on any atom is 0.236 e. The van der Waals surface area contributed by atoms with Gasteiger partial charge in [0.05, 0.1) is 11.6 Å². The van der Waals surface area contributed by atoms with Gasteiger partial charge in [0, 0.05) is 5.02 Å². The van der Waals surface area contributed by atoms with E-state index in [0.29, 0.717) is 22.3 Å². The molecule has 3 rings (SSSR count). The molecular formula is C19H24ClNO3. The largest absolute Gasteiger partial charge is 0.491 e. The average molecular weight is 350 g/mol. The predicted molar refractivity (Wildman–Crippen MR) is 93.5 cm³/mol. The lowest BCUT2D eigenvalue weighted by atomic mass is 9.73. The fourth-order valence-electron chi connectivity index (χ4n) is 4.02. The number of ketones is 1. The number of carbonyl (C=O) groups excluding carboxylic acids is 2. The number of hydrogen-bond donors (Lipinski definition) is 1. The molecule has 2 fully saturated rings. The number of carbonyl (C=O) groups is 2. The summed E-state index contributed by atoms with van der Waals surface area (Å²) in [6.45, 7) is 6.01. The monoisotopic (exact) mass is 349 g/mol. The van der Waals surface area contributed by atoms with Crippen molar-refractivity contribution in [2.24, 2.45) is 5.92 Å². The van der Waals surface area contributed by atoms with E-state index in [-0.39, 0.29) is 17.8 Å². The normalized spacial score (nSPS) is 30.0. The summed E-state index contributed by atoms with van der Waals surface area (Å²) in [6, 6.07) is 5.20. The number of hydrogen-bond acceptors (Lipinski definition) is 3. The molecule has 1 spiro atoms. The standard InChI is InChI=1S/C19H24ClNO3/c1-11(2)24-13-6-7-14(15(20)9-13)16-17(22)19(21-18(16)23)8-4-5-12(3)10-19/h6-7,9,11-12,16H,4-5,8,10H2,1-3H3,(H,21,23). The number of ether oxygens (including phenoxy) is 1. The SMILES string of the molecule is CC1CCCC2(C1)NC(=O)C(c1ccc(OC(C)C)cc1Cl)C2=O. The second kappa shape index (κ2) is 6.40. The van der Waals surface area contributed by atoms with Gasteiger partial charge in [-0.3, -0.25) is 9.59 Å². The summed E-state index contributed by atoms with van der Waals surface area (Å²) in [5.74, 6) is 0.0209. The van der Waals surface area contributed by atoms with Crippen LogP contribution < -0.4 is 10.1 Å². The Bertz CT molecular complexity index is 673. The van der Waals surface area contributed by atoms with Crippen LogP contribution in [0.25, 0.3) is 0 Å². The second-order valence-corrected chi connectivity index (χ2v) is 7.83. The van der Waals surface area contributed by atoms with Gasteiger partial charge in [-0.1, -0.05) is 37.4 Å². The molecule has 1 saturated carbocycles. The molecule has 5 heteroatoms. The Labute approximate surface area is 147 Å². The maximum absolute atomic E-state index is 13.1. The molecule has 1 saturated heterocycles. The van der Waals surface area contributed by atoms with Crippen LogP contribution in [0.15, 0.2) is 18.2 Å². The lowest BCUT2D eigenvalue weighted by Gasteiger charge is -2.35. The highest BCUT2D eigenvalue weighted by Crippen LogP contribution is 2.42. The predicted octanol–water partition coefficient (Wildman–Crippen LogP) is 3.86. The van der Waals surface area contributed by atoms with Gasteiger partial charge in [0.25, 0.3) is 0 Å². The van der Waals surface area contributed by atoms with Crippen molar-refractivity contribution in [3.8, 4) is 5.75 Å². The molecular weight excluding hydrogens is 326 g/mol. The zero-order chi connectivity index (χ0) is 17.5. The molecule has 2 aliphatic rings. The molecule has 0 aromatic heterocycles. The number of nitrogens with one attached hydrogen (secondary N) is 1. The van der Waals surface area contributed by atoms with Crippen molar-refractivity contribution >= 4 is 23.3 Å². The van der Waals surface area contributed by atoms with E-state index in [1.54, 1.807) is 18.2 Å². The highest BCUT2D eigenvalue weighted by atomic mass is 35.5. The summed E-state index contributed by atoms with van der Waals surface area (Å²) in [4.78, 5) is 25.6. The Morgan fingerprint density at radius 1 is 1.33 bits per heavy atom. The van der Waals surface area contributed by atoms with Crippen LogP contribution in [0.5, 0.6) is 5.75 Å². The fourth-order valence-corrected chi connectivity index (χ4v) is 4.30. The minimum atomic E-state index is -0.809. The molecule has 1 aliphatic heterocycles. The Hall–Kier alpha value is -1.55.